The standard InChI is InChI=1S/C22H32BrN5O3/c1-14-12-28(21(30)31-22(3,4)5)15(2)11-27(14)17-7-8-19(24-10-17)25-18-9-16(23)13-26(6)20(18)29/h7-10,13-15,20,29H,11-12H2,1-6H3,(H,24,25)/t14-,15+,20?/m0/s1. The van der Waals surface area contributed by atoms with Gasteiger partial charge >= 0.3 is 6.09 Å². The van der Waals surface area contributed by atoms with Crippen molar-refractivity contribution < 1.29 is 14.6 Å². The van der Waals surface area contributed by atoms with Crippen molar-refractivity contribution >= 4 is 33.5 Å². The Morgan fingerprint density at radius 2 is 1.97 bits per heavy atom. The lowest BCUT2D eigenvalue weighted by Crippen LogP contribution is -2.59. The number of aliphatic hydroxyl groups excluding tert-OH is 1. The number of piperazine rings is 1. The third-order valence-electron chi connectivity index (χ3n) is 5.25. The smallest absolute Gasteiger partial charge is 0.410 e. The fourth-order valence-corrected chi connectivity index (χ4v) is 4.25. The molecule has 1 aromatic heterocycles. The predicted octanol–water partition coefficient (Wildman–Crippen LogP) is 3.71. The summed E-state index contributed by atoms with van der Waals surface area (Å²) in [5, 5.41) is 13.5. The summed E-state index contributed by atoms with van der Waals surface area (Å²) >= 11 is 3.44. The topological polar surface area (TPSA) is 81.2 Å². The maximum atomic E-state index is 12.5. The van der Waals surface area contributed by atoms with Crippen LogP contribution in [0.5, 0.6) is 0 Å². The number of anilines is 2. The molecule has 3 atom stereocenters. The Kier molecular flexibility index (Phi) is 6.85. The van der Waals surface area contributed by atoms with Gasteiger partial charge in [-0.15, -0.1) is 0 Å². The molecule has 0 saturated carbocycles. The van der Waals surface area contributed by atoms with E-state index in [1.165, 1.54) is 0 Å². The fourth-order valence-electron chi connectivity index (χ4n) is 3.68. The highest BCUT2D eigenvalue weighted by Crippen LogP contribution is 2.26. The van der Waals surface area contributed by atoms with E-state index in [2.05, 4.69) is 38.1 Å². The van der Waals surface area contributed by atoms with Gasteiger partial charge in [0.2, 0.25) is 0 Å². The third-order valence-corrected chi connectivity index (χ3v) is 5.68. The van der Waals surface area contributed by atoms with E-state index in [1.54, 1.807) is 16.8 Å². The molecule has 8 nitrogen and oxygen atoms in total. The van der Waals surface area contributed by atoms with E-state index < -0.39 is 11.8 Å². The highest BCUT2D eigenvalue weighted by atomic mass is 79.9. The average molecular weight is 494 g/mol. The number of allylic oxidation sites excluding steroid dienone is 2. The molecule has 0 spiro atoms. The van der Waals surface area contributed by atoms with E-state index in [0.29, 0.717) is 24.6 Å². The van der Waals surface area contributed by atoms with E-state index in [0.717, 1.165) is 10.2 Å². The van der Waals surface area contributed by atoms with Crippen LogP contribution in [0, 0.1) is 0 Å². The first-order valence-corrected chi connectivity index (χ1v) is 11.2. The Bertz CT molecular complexity index is 865. The van der Waals surface area contributed by atoms with Crippen molar-refractivity contribution in [2.24, 2.45) is 0 Å². The summed E-state index contributed by atoms with van der Waals surface area (Å²) in [6.07, 6.45) is 4.43. The van der Waals surface area contributed by atoms with Crippen molar-refractivity contribution in [1.82, 2.24) is 14.8 Å². The number of carbonyl (C=O) groups is 1. The second kappa shape index (κ2) is 9.08. The van der Waals surface area contributed by atoms with Gasteiger partial charge in [-0.3, -0.25) is 0 Å². The summed E-state index contributed by atoms with van der Waals surface area (Å²) in [6, 6.07) is 4.05. The van der Waals surface area contributed by atoms with Gasteiger partial charge in [0.1, 0.15) is 11.4 Å². The number of nitrogens with zero attached hydrogens (tertiary/aromatic N) is 4. The maximum Gasteiger partial charge on any atom is 0.410 e. The molecule has 3 heterocycles. The first-order chi connectivity index (χ1) is 14.4. The molecular formula is C22H32BrN5O3. The number of pyridine rings is 1. The number of aromatic nitrogens is 1. The van der Waals surface area contributed by atoms with Crippen molar-refractivity contribution in [1.29, 1.82) is 0 Å². The van der Waals surface area contributed by atoms with Gasteiger partial charge in [0.25, 0.3) is 0 Å². The molecule has 0 radical (unpaired) electrons. The van der Waals surface area contributed by atoms with Crippen LogP contribution in [-0.4, -0.2) is 70.0 Å². The third kappa shape index (κ3) is 5.71. The lowest BCUT2D eigenvalue weighted by molar-refractivity contribution is 0.0130. The Labute approximate surface area is 192 Å². The van der Waals surface area contributed by atoms with Crippen molar-refractivity contribution in [2.75, 3.05) is 30.4 Å². The lowest BCUT2D eigenvalue weighted by Gasteiger charge is -2.45. The van der Waals surface area contributed by atoms with Crippen LogP contribution in [0.4, 0.5) is 16.3 Å². The maximum absolute atomic E-state index is 12.5. The zero-order valence-corrected chi connectivity index (χ0v) is 20.5. The number of amides is 1. The van der Waals surface area contributed by atoms with Gasteiger partial charge in [0, 0.05) is 42.9 Å². The molecule has 1 fully saturated rings. The number of hydrogen-bond acceptors (Lipinski definition) is 7. The summed E-state index contributed by atoms with van der Waals surface area (Å²) in [7, 11) is 1.80. The first kappa shape index (κ1) is 23.4. The molecule has 1 aromatic rings. The summed E-state index contributed by atoms with van der Waals surface area (Å²) in [4.78, 5) is 22.8. The molecule has 0 aliphatic carbocycles. The van der Waals surface area contributed by atoms with Crippen LogP contribution in [0.3, 0.4) is 0 Å². The molecule has 0 bridgehead atoms. The molecule has 0 aromatic carbocycles. The summed E-state index contributed by atoms with van der Waals surface area (Å²) in [5.41, 5.74) is 1.13. The molecule has 1 amide bonds. The molecule has 31 heavy (non-hydrogen) atoms. The van der Waals surface area contributed by atoms with Gasteiger partial charge in [-0.1, -0.05) is 0 Å². The zero-order chi connectivity index (χ0) is 22.9. The van der Waals surface area contributed by atoms with E-state index >= 15 is 0 Å². The average Bonchev–Trinajstić information content (AvgIpc) is 2.66. The number of rotatable bonds is 3. The Balaban J connectivity index is 1.66. The van der Waals surface area contributed by atoms with E-state index in [9.17, 15) is 9.90 Å². The largest absolute Gasteiger partial charge is 0.444 e. The van der Waals surface area contributed by atoms with Crippen LogP contribution in [0.1, 0.15) is 34.6 Å². The number of ether oxygens (including phenoxy) is 1. The van der Waals surface area contributed by atoms with E-state index in [-0.39, 0.29) is 18.2 Å². The number of aliphatic hydroxyl groups is 1. The molecule has 2 aliphatic rings. The van der Waals surface area contributed by atoms with Crippen LogP contribution in [0.25, 0.3) is 0 Å². The normalized spacial score (nSPS) is 24.5. The molecule has 3 rings (SSSR count). The van der Waals surface area contributed by atoms with Crippen molar-refractivity contribution in [3.8, 4) is 0 Å². The number of halogens is 1. The Morgan fingerprint density at radius 1 is 1.26 bits per heavy atom. The molecular weight excluding hydrogens is 462 g/mol. The minimum absolute atomic E-state index is 0.0195. The zero-order valence-electron chi connectivity index (χ0n) is 19.0. The molecule has 2 aliphatic heterocycles. The number of nitrogens with one attached hydrogen (secondary N) is 1. The number of likely N-dealkylation sites (N-methyl/N-ethyl adjacent to an activating group) is 1. The second-order valence-corrected chi connectivity index (χ2v) is 10.1. The molecule has 1 saturated heterocycles. The second-order valence-electron chi connectivity index (χ2n) is 9.16. The minimum Gasteiger partial charge on any atom is -0.444 e. The minimum atomic E-state index is -0.760. The van der Waals surface area contributed by atoms with Crippen LogP contribution in [0.2, 0.25) is 0 Å². The number of carbonyl (C=O) groups excluding carboxylic acids is 1. The van der Waals surface area contributed by atoms with Crippen LogP contribution in [-0.2, 0) is 4.74 Å². The van der Waals surface area contributed by atoms with Crippen molar-refractivity contribution in [3.05, 3.63) is 40.8 Å². The Morgan fingerprint density at radius 3 is 2.58 bits per heavy atom. The van der Waals surface area contributed by atoms with Gasteiger partial charge in [-0.2, -0.15) is 0 Å². The highest BCUT2D eigenvalue weighted by molar-refractivity contribution is 9.11. The lowest BCUT2D eigenvalue weighted by atomic mass is 10.1. The van der Waals surface area contributed by atoms with Crippen LogP contribution >= 0.6 is 15.9 Å². The van der Waals surface area contributed by atoms with Gasteiger partial charge in [-0.25, -0.2) is 9.78 Å². The molecule has 9 heteroatoms. The van der Waals surface area contributed by atoms with Gasteiger partial charge in [-0.05, 0) is 68.8 Å². The summed E-state index contributed by atoms with van der Waals surface area (Å²) in [6.45, 7) is 11.1. The Hall–Kier alpha value is -2.26. The van der Waals surface area contributed by atoms with Crippen molar-refractivity contribution in [2.45, 2.75) is 58.5 Å². The monoisotopic (exact) mass is 493 g/mol. The quantitative estimate of drug-likeness (QED) is 0.663. The fraction of sp³-hybridized carbons (Fsp3) is 0.545. The number of hydrogen-bond donors (Lipinski definition) is 2. The molecule has 1 unspecified atom stereocenters. The SMILES string of the molecule is C[C@@H]1CN(c2ccc(NC3=CC(Br)=CN(C)C3O)nc2)[C@@H](C)CN1C(=O)OC(C)(C)C. The predicted molar refractivity (Wildman–Crippen MR) is 126 cm³/mol. The summed E-state index contributed by atoms with van der Waals surface area (Å²) in [5.74, 6) is 0.651. The van der Waals surface area contributed by atoms with E-state index in [1.807, 2.05) is 58.3 Å². The summed E-state index contributed by atoms with van der Waals surface area (Å²) < 4.78 is 6.43. The van der Waals surface area contributed by atoms with Crippen molar-refractivity contribution in [3.63, 3.8) is 0 Å². The van der Waals surface area contributed by atoms with Gasteiger partial charge in [0.15, 0.2) is 6.23 Å². The first-order valence-electron chi connectivity index (χ1n) is 10.4. The van der Waals surface area contributed by atoms with Crippen LogP contribution < -0.4 is 10.2 Å². The molecule has 2 N–H and O–H groups in total. The van der Waals surface area contributed by atoms with Crippen LogP contribution in [0.15, 0.2) is 40.8 Å². The van der Waals surface area contributed by atoms with E-state index in [4.69, 9.17) is 4.74 Å². The highest BCUT2D eigenvalue weighted by Gasteiger charge is 2.34. The van der Waals surface area contributed by atoms with Gasteiger partial charge in [0.05, 0.1) is 17.6 Å². The molecule has 170 valence electrons. The van der Waals surface area contributed by atoms with Gasteiger partial charge < -0.3 is 29.9 Å².